The van der Waals surface area contributed by atoms with Crippen molar-refractivity contribution in [2.45, 2.75) is 78.6 Å². The lowest BCUT2D eigenvalue weighted by Crippen LogP contribution is -2.61. The molecule has 0 saturated heterocycles. The van der Waals surface area contributed by atoms with Gasteiger partial charge < -0.3 is 18.9 Å². The molecule has 0 N–H and O–H groups in total. The van der Waals surface area contributed by atoms with E-state index in [1.165, 1.54) is 15.7 Å². The molecule has 5 nitrogen and oxygen atoms in total. The van der Waals surface area contributed by atoms with Crippen molar-refractivity contribution in [3.63, 3.8) is 0 Å². The fourth-order valence-corrected chi connectivity index (χ4v) is 14.7. The minimum Gasteiger partial charge on any atom is -0.311 e. The molecule has 0 unspecified atom stereocenters. The highest BCUT2D eigenvalue weighted by Gasteiger charge is 2.45. The van der Waals surface area contributed by atoms with Crippen molar-refractivity contribution < 1.29 is 16.4 Å². The standard InChI is InChI=1S/C91H74BN5/c1-89(2,3)66-47-65(48-67(52-66)90(4,5)6)63-39-44-76-84(51-63)96(81-46-40-61(58-25-13-10-14-26-58)49-75(81)60-29-17-12-18-30-60)86-53-68(91(7,8)9)54-87-88(86)92(76)77-45-42-70(95-80-36-24-21-33-73(80)74-43-38-62(50-83(74)95)59-27-15-11-16-28-59)56-85(77)97(87)82-55-69(41-37-64(82)57-93)94-78-34-22-19-31-71(78)72-32-20-23-35-79(72)94/h10-56H,1-9H3/i11D,15D,16D,21D,24D,27D,28D,33D,36D,38D,43D,50D. The molecule has 15 aromatic rings. The Bertz CT molecular complexity index is 6380. The molecule has 0 aliphatic carbocycles. The van der Waals surface area contributed by atoms with Gasteiger partial charge in [0.2, 0.25) is 0 Å². The van der Waals surface area contributed by atoms with Gasteiger partial charge in [0, 0.05) is 61.2 Å². The minimum absolute atomic E-state index is 0.115. The Kier molecular flexibility index (Phi) is 11.0. The Morgan fingerprint density at radius 3 is 1.51 bits per heavy atom. The third-order valence-electron chi connectivity index (χ3n) is 19.7. The van der Waals surface area contributed by atoms with E-state index in [0.29, 0.717) is 16.9 Å². The van der Waals surface area contributed by atoms with E-state index in [4.69, 9.17) is 5.48 Å². The topological polar surface area (TPSA) is 40.1 Å². The number of para-hydroxylation sites is 3. The Morgan fingerprint density at radius 1 is 0.340 bits per heavy atom. The van der Waals surface area contributed by atoms with Crippen LogP contribution in [0.25, 0.3) is 99.5 Å². The van der Waals surface area contributed by atoms with Crippen molar-refractivity contribution in [3.8, 4) is 62.0 Å². The van der Waals surface area contributed by atoms with Crippen molar-refractivity contribution in [2.75, 3.05) is 9.80 Å². The maximum Gasteiger partial charge on any atom is 0.252 e. The van der Waals surface area contributed by atoms with Crippen LogP contribution in [0.1, 0.15) is 101 Å². The zero-order valence-corrected chi connectivity index (χ0v) is 55.5. The third kappa shape index (κ3) is 9.81. The molecule has 0 saturated carbocycles. The van der Waals surface area contributed by atoms with E-state index >= 15 is 0 Å². The van der Waals surface area contributed by atoms with Crippen LogP contribution in [0.2, 0.25) is 0 Å². The van der Waals surface area contributed by atoms with Gasteiger partial charge in [0.15, 0.2) is 0 Å². The Morgan fingerprint density at radius 2 is 0.856 bits per heavy atom. The first-order valence-corrected chi connectivity index (χ1v) is 33.1. The summed E-state index contributed by atoms with van der Waals surface area (Å²) in [5.74, 6) is 0. The fourth-order valence-electron chi connectivity index (χ4n) is 14.7. The van der Waals surface area contributed by atoms with E-state index in [9.17, 15) is 16.2 Å². The van der Waals surface area contributed by atoms with Crippen molar-refractivity contribution in [1.29, 1.82) is 5.26 Å². The van der Waals surface area contributed by atoms with E-state index in [2.05, 4.69) is 228 Å². The molecule has 0 bridgehead atoms. The predicted molar refractivity (Wildman–Crippen MR) is 412 cm³/mol. The van der Waals surface area contributed by atoms with Crippen LogP contribution < -0.4 is 26.2 Å². The molecule has 17 rings (SSSR count). The molecule has 97 heavy (non-hydrogen) atoms. The van der Waals surface area contributed by atoms with E-state index in [1.54, 1.807) is 0 Å². The van der Waals surface area contributed by atoms with Crippen molar-refractivity contribution in [2.24, 2.45) is 0 Å². The molecule has 466 valence electrons. The molecule has 0 radical (unpaired) electrons. The summed E-state index contributed by atoms with van der Waals surface area (Å²) in [6, 6.07) is 69.4. The molecule has 0 amide bonds. The molecule has 6 heteroatoms. The number of benzene rings is 13. The highest BCUT2D eigenvalue weighted by atomic mass is 15.2. The maximum atomic E-state index is 11.9. The average Bonchev–Trinajstić information content (AvgIpc) is 1.59. The SMILES string of the molecule is [2H]c1c([2H])c([2H])c(-c2c([2H])c([2H])c3c4c([2H])c([2H])c([2H])c([2H])c4n(-c4ccc5c(c4)N(c4cc(-n6c7ccccc7c7ccccc76)ccc4C#N)c4cc(C(C)(C)C)cc6c4B5c4ccc(-c5cc(C(C)(C)C)cc(C(C)(C)C)c5)cc4N6c4ccc(-c5ccccc5)cc4-c4ccccc4)c3c2[2H])c([2H])c1[2H]. The second-order valence-electron chi connectivity index (χ2n) is 28.8. The van der Waals surface area contributed by atoms with Crippen LogP contribution >= 0.6 is 0 Å². The van der Waals surface area contributed by atoms with Crippen molar-refractivity contribution in [3.05, 3.63) is 307 Å². The monoisotopic (exact) mass is 1260 g/mol. The number of nitrogens with zero attached hydrogens (tertiary/aromatic N) is 5. The quantitative estimate of drug-likeness (QED) is 0.142. The summed E-state index contributed by atoms with van der Waals surface area (Å²) in [4.78, 5) is 4.60. The minimum atomic E-state index is -0.709. The molecule has 0 spiro atoms. The lowest BCUT2D eigenvalue weighted by atomic mass is 9.33. The van der Waals surface area contributed by atoms with Gasteiger partial charge >= 0.3 is 0 Å². The third-order valence-corrected chi connectivity index (χ3v) is 19.7. The maximum absolute atomic E-state index is 11.9. The largest absolute Gasteiger partial charge is 0.311 e. The highest BCUT2D eigenvalue weighted by molar-refractivity contribution is 7.00. The molecule has 2 aliphatic rings. The first-order chi connectivity index (χ1) is 52.0. The van der Waals surface area contributed by atoms with Crippen molar-refractivity contribution >= 4 is 101 Å². The average molecular weight is 1260 g/mol. The van der Waals surface area contributed by atoms with E-state index in [1.807, 2.05) is 66.7 Å². The van der Waals surface area contributed by atoms with Gasteiger partial charge in [-0.15, -0.1) is 0 Å². The smallest absolute Gasteiger partial charge is 0.252 e. The summed E-state index contributed by atoms with van der Waals surface area (Å²) in [6.45, 7) is 19.5. The van der Waals surface area contributed by atoms with Crippen LogP contribution in [0.3, 0.4) is 0 Å². The Hall–Kier alpha value is -11.4. The van der Waals surface area contributed by atoms with Crippen LogP contribution in [0, 0.1) is 11.3 Å². The normalized spacial score (nSPS) is 14.7. The van der Waals surface area contributed by atoms with Crippen LogP contribution in [0.4, 0.5) is 34.1 Å². The van der Waals surface area contributed by atoms with Gasteiger partial charge in [-0.3, -0.25) is 0 Å². The molecule has 4 heterocycles. The summed E-state index contributed by atoms with van der Waals surface area (Å²) in [6.07, 6.45) is 0. The number of hydrogen-bond donors (Lipinski definition) is 0. The summed E-state index contributed by atoms with van der Waals surface area (Å²) in [5, 5.41) is 13.7. The molecular formula is C91H74BN5. The second-order valence-corrected chi connectivity index (χ2v) is 28.8. The van der Waals surface area contributed by atoms with E-state index in [0.717, 1.165) is 106 Å². The number of fused-ring (bicyclic) bond motifs is 10. The lowest BCUT2D eigenvalue weighted by molar-refractivity contribution is 0.569. The predicted octanol–water partition coefficient (Wildman–Crippen LogP) is 22.4. The van der Waals surface area contributed by atoms with Crippen LogP contribution in [-0.2, 0) is 16.2 Å². The summed E-state index contributed by atoms with van der Waals surface area (Å²) < 4.78 is 116. The van der Waals surface area contributed by atoms with Gasteiger partial charge in [-0.2, -0.15) is 5.26 Å². The van der Waals surface area contributed by atoms with Gasteiger partial charge in [0.05, 0.1) is 55.5 Å². The molecule has 2 aromatic heterocycles. The van der Waals surface area contributed by atoms with E-state index in [-0.39, 0.29) is 38.3 Å². The van der Waals surface area contributed by atoms with E-state index < -0.39 is 95.8 Å². The van der Waals surface area contributed by atoms with Crippen molar-refractivity contribution in [1.82, 2.24) is 9.13 Å². The van der Waals surface area contributed by atoms with Gasteiger partial charge in [-0.25, -0.2) is 0 Å². The number of aromatic nitrogens is 2. The van der Waals surface area contributed by atoms with Gasteiger partial charge in [0.1, 0.15) is 6.07 Å². The molecule has 0 fully saturated rings. The van der Waals surface area contributed by atoms with Crippen LogP contribution in [0.15, 0.2) is 285 Å². The number of hydrogen-bond acceptors (Lipinski definition) is 3. The number of nitriles is 1. The molecular weight excluding hydrogens is 1170 g/mol. The summed E-state index contributed by atoms with van der Waals surface area (Å²) in [5.41, 5.74) is 17.8. The van der Waals surface area contributed by atoms with Gasteiger partial charge in [0.25, 0.3) is 6.71 Å². The number of rotatable bonds is 8. The highest BCUT2D eigenvalue weighted by Crippen LogP contribution is 2.51. The van der Waals surface area contributed by atoms with Gasteiger partial charge in [-0.05, 0) is 173 Å². The second kappa shape index (κ2) is 22.4. The first-order valence-electron chi connectivity index (χ1n) is 39.1. The van der Waals surface area contributed by atoms with Gasteiger partial charge in [-0.1, -0.05) is 262 Å². The number of anilines is 6. The first kappa shape index (κ1) is 47.5. The lowest BCUT2D eigenvalue weighted by Gasteiger charge is -2.45. The molecule has 13 aromatic carbocycles. The molecule has 2 aliphatic heterocycles. The Balaban J connectivity index is 1.04. The Labute approximate surface area is 586 Å². The zero-order chi connectivity index (χ0) is 76.7. The fraction of sp³-hybridized carbons (Fsp3) is 0.132. The van der Waals surface area contributed by atoms with Crippen LogP contribution in [-0.4, -0.2) is 15.8 Å². The summed E-state index contributed by atoms with van der Waals surface area (Å²) in [7, 11) is 0. The zero-order valence-electron chi connectivity index (χ0n) is 67.5. The molecule has 0 atom stereocenters. The van der Waals surface area contributed by atoms with Crippen LogP contribution in [0.5, 0.6) is 0 Å². The summed E-state index contributed by atoms with van der Waals surface area (Å²) >= 11 is 0.